The zero-order valence-electron chi connectivity index (χ0n) is 12.2. The molecule has 0 aliphatic carbocycles. The van der Waals surface area contributed by atoms with Gasteiger partial charge in [-0.05, 0) is 21.0 Å². The SMILES string of the molecule is CC(CNc1cnn(CCN(C)C)c(=O)c1Cl)S(C)=O. The van der Waals surface area contributed by atoms with Crippen molar-refractivity contribution in [3.63, 3.8) is 0 Å². The average molecular weight is 321 g/mol. The molecule has 1 N–H and O–H groups in total. The number of nitrogens with one attached hydrogen (secondary N) is 1. The van der Waals surface area contributed by atoms with Crippen molar-refractivity contribution < 1.29 is 4.21 Å². The Balaban J connectivity index is 2.78. The summed E-state index contributed by atoms with van der Waals surface area (Å²) in [6.07, 6.45) is 3.18. The summed E-state index contributed by atoms with van der Waals surface area (Å²) < 4.78 is 12.6. The van der Waals surface area contributed by atoms with E-state index in [-0.39, 0.29) is 15.8 Å². The van der Waals surface area contributed by atoms with Crippen molar-refractivity contribution in [2.24, 2.45) is 0 Å². The number of nitrogens with zero attached hydrogens (tertiary/aromatic N) is 3. The first-order valence-electron chi connectivity index (χ1n) is 6.29. The van der Waals surface area contributed by atoms with E-state index in [0.717, 1.165) is 0 Å². The van der Waals surface area contributed by atoms with Gasteiger partial charge in [0.15, 0.2) is 0 Å². The molecule has 0 saturated carbocycles. The lowest BCUT2D eigenvalue weighted by Gasteiger charge is -2.14. The molecule has 1 rings (SSSR count). The Hall–Kier alpha value is -0.920. The predicted octanol–water partition coefficient (Wildman–Crippen LogP) is 0.637. The molecular weight excluding hydrogens is 300 g/mol. The van der Waals surface area contributed by atoms with E-state index in [4.69, 9.17) is 11.6 Å². The summed E-state index contributed by atoms with van der Waals surface area (Å²) in [5, 5.41) is 7.20. The van der Waals surface area contributed by atoms with Crippen LogP contribution < -0.4 is 10.9 Å². The Bertz CT molecular complexity index is 533. The summed E-state index contributed by atoms with van der Waals surface area (Å²) >= 11 is 6.05. The second kappa shape index (κ2) is 7.75. The van der Waals surface area contributed by atoms with E-state index in [1.807, 2.05) is 25.9 Å². The van der Waals surface area contributed by atoms with Crippen LogP contribution in [0, 0.1) is 0 Å². The zero-order chi connectivity index (χ0) is 15.3. The standard InChI is InChI=1S/C12H21ClN4O2S/c1-9(20(4)19)7-14-10-8-15-17(6-5-16(2)3)12(18)11(10)13/h8-9,14H,5-7H2,1-4H3. The number of rotatable bonds is 7. The third kappa shape index (κ3) is 4.88. The van der Waals surface area contributed by atoms with Gasteiger partial charge in [-0.3, -0.25) is 9.00 Å². The lowest BCUT2D eigenvalue weighted by atomic mass is 10.4. The van der Waals surface area contributed by atoms with E-state index in [2.05, 4.69) is 10.4 Å². The third-order valence-electron chi connectivity index (χ3n) is 2.89. The van der Waals surface area contributed by atoms with Crippen molar-refractivity contribution in [3.8, 4) is 0 Å². The van der Waals surface area contributed by atoms with Crippen molar-refractivity contribution in [1.82, 2.24) is 14.7 Å². The first kappa shape index (κ1) is 17.1. The molecule has 0 aliphatic rings. The zero-order valence-corrected chi connectivity index (χ0v) is 13.8. The lowest BCUT2D eigenvalue weighted by molar-refractivity contribution is 0.367. The Morgan fingerprint density at radius 3 is 2.75 bits per heavy atom. The lowest BCUT2D eigenvalue weighted by Crippen LogP contribution is -2.30. The fourth-order valence-electron chi connectivity index (χ4n) is 1.41. The molecular formula is C12H21ClN4O2S. The fourth-order valence-corrected chi connectivity index (χ4v) is 1.94. The van der Waals surface area contributed by atoms with E-state index >= 15 is 0 Å². The summed E-state index contributed by atoms with van der Waals surface area (Å²) in [5.41, 5.74) is 0.166. The maximum Gasteiger partial charge on any atom is 0.287 e. The molecule has 0 saturated heterocycles. The van der Waals surface area contributed by atoms with Crippen LogP contribution >= 0.6 is 11.6 Å². The van der Waals surface area contributed by atoms with Crippen LogP contribution in [-0.4, -0.2) is 57.6 Å². The minimum atomic E-state index is -0.923. The molecule has 0 radical (unpaired) electrons. The van der Waals surface area contributed by atoms with Crippen molar-refractivity contribution in [2.45, 2.75) is 18.7 Å². The highest BCUT2D eigenvalue weighted by Gasteiger charge is 2.11. The summed E-state index contributed by atoms with van der Waals surface area (Å²) in [7, 11) is 2.93. The monoisotopic (exact) mass is 320 g/mol. The third-order valence-corrected chi connectivity index (χ3v) is 4.56. The van der Waals surface area contributed by atoms with Crippen LogP contribution in [0.5, 0.6) is 0 Å². The molecule has 1 aromatic rings. The molecule has 0 amide bonds. The molecule has 8 heteroatoms. The van der Waals surface area contributed by atoms with Crippen LogP contribution in [0.15, 0.2) is 11.0 Å². The Labute approximate surface area is 126 Å². The van der Waals surface area contributed by atoms with Crippen molar-refractivity contribution in [3.05, 3.63) is 21.6 Å². The Morgan fingerprint density at radius 2 is 2.20 bits per heavy atom. The molecule has 114 valence electrons. The Morgan fingerprint density at radius 1 is 1.55 bits per heavy atom. The normalized spacial score (nSPS) is 14.3. The van der Waals surface area contributed by atoms with Crippen LogP contribution in [0.25, 0.3) is 0 Å². The van der Waals surface area contributed by atoms with Gasteiger partial charge in [-0.15, -0.1) is 0 Å². The highest BCUT2D eigenvalue weighted by Crippen LogP contribution is 2.15. The number of likely N-dealkylation sites (N-methyl/N-ethyl adjacent to an activating group) is 1. The maximum atomic E-state index is 12.0. The predicted molar refractivity (Wildman–Crippen MR) is 84.1 cm³/mol. The second-order valence-electron chi connectivity index (χ2n) is 4.89. The van der Waals surface area contributed by atoms with Crippen molar-refractivity contribution in [2.75, 3.05) is 38.8 Å². The fraction of sp³-hybridized carbons (Fsp3) is 0.667. The number of aromatic nitrogens is 2. The topological polar surface area (TPSA) is 67.2 Å². The second-order valence-corrected chi connectivity index (χ2v) is 7.07. The van der Waals surface area contributed by atoms with Gasteiger partial charge in [0.1, 0.15) is 5.02 Å². The molecule has 0 aromatic carbocycles. The summed E-state index contributed by atoms with van der Waals surface area (Å²) in [6, 6.07) is 0. The van der Waals surface area contributed by atoms with Crippen LogP contribution in [-0.2, 0) is 17.3 Å². The highest BCUT2D eigenvalue weighted by molar-refractivity contribution is 7.84. The number of hydrogen-bond donors (Lipinski definition) is 1. The van der Waals surface area contributed by atoms with Gasteiger partial charge in [-0.2, -0.15) is 5.10 Å². The van der Waals surface area contributed by atoms with Gasteiger partial charge < -0.3 is 10.2 Å². The van der Waals surface area contributed by atoms with Crippen LogP contribution in [0.1, 0.15) is 6.92 Å². The van der Waals surface area contributed by atoms with E-state index in [1.165, 1.54) is 10.9 Å². The van der Waals surface area contributed by atoms with Crippen LogP contribution in [0.2, 0.25) is 5.02 Å². The minimum Gasteiger partial charge on any atom is -0.381 e. The van der Waals surface area contributed by atoms with Gasteiger partial charge >= 0.3 is 0 Å². The summed E-state index contributed by atoms with van der Waals surface area (Å²) in [4.78, 5) is 14.0. The number of halogens is 1. The Kier molecular flexibility index (Phi) is 6.64. The largest absolute Gasteiger partial charge is 0.381 e. The van der Waals surface area contributed by atoms with Crippen LogP contribution in [0.4, 0.5) is 5.69 Å². The molecule has 0 fully saturated rings. The van der Waals surface area contributed by atoms with Crippen molar-refractivity contribution >= 4 is 28.1 Å². The average Bonchev–Trinajstić information content (AvgIpc) is 2.38. The van der Waals surface area contributed by atoms with Crippen molar-refractivity contribution in [1.29, 1.82) is 0 Å². The maximum absolute atomic E-state index is 12.0. The van der Waals surface area contributed by atoms with Gasteiger partial charge in [0.25, 0.3) is 5.56 Å². The molecule has 0 bridgehead atoms. The molecule has 2 atom stereocenters. The van der Waals surface area contributed by atoms with Gasteiger partial charge in [0, 0.05) is 35.4 Å². The number of anilines is 1. The van der Waals surface area contributed by atoms with E-state index in [1.54, 1.807) is 6.26 Å². The van der Waals surface area contributed by atoms with Gasteiger partial charge in [0.05, 0.1) is 18.4 Å². The first-order chi connectivity index (χ1) is 9.32. The first-order valence-corrected chi connectivity index (χ1v) is 8.29. The molecule has 6 nitrogen and oxygen atoms in total. The molecule has 1 heterocycles. The quantitative estimate of drug-likeness (QED) is 0.798. The summed E-state index contributed by atoms with van der Waals surface area (Å²) in [6.45, 7) is 3.54. The van der Waals surface area contributed by atoms with E-state index in [9.17, 15) is 9.00 Å². The number of hydrogen-bond acceptors (Lipinski definition) is 5. The van der Waals surface area contributed by atoms with Crippen LogP contribution in [0.3, 0.4) is 0 Å². The molecule has 0 aliphatic heterocycles. The summed E-state index contributed by atoms with van der Waals surface area (Å²) in [5.74, 6) is 0. The molecule has 1 aromatic heterocycles. The highest BCUT2D eigenvalue weighted by atomic mass is 35.5. The van der Waals surface area contributed by atoms with Gasteiger partial charge in [-0.1, -0.05) is 11.6 Å². The molecule has 0 spiro atoms. The van der Waals surface area contributed by atoms with E-state index < -0.39 is 10.8 Å². The smallest absolute Gasteiger partial charge is 0.287 e. The molecule has 20 heavy (non-hydrogen) atoms. The van der Waals surface area contributed by atoms with E-state index in [0.29, 0.717) is 25.3 Å². The minimum absolute atomic E-state index is 0.0257. The van der Waals surface area contributed by atoms with Gasteiger partial charge in [-0.25, -0.2) is 4.68 Å². The van der Waals surface area contributed by atoms with Gasteiger partial charge in [0.2, 0.25) is 0 Å². The molecule has 2 unspecified atom stereocenters.